The molecule has 1 aliphatic carbocycles. The Morgan fingerprint density at radius 1 is 1.04 bits per heavy atom. The molecule has 0 spiro atoms. The van der Waals surface area contributed by atoms with Gasteiger partial charge in [0.1, 0.15) is 0 Å². The summed E-state index contributed by atoms with van der Waals surface area (Å²) in [7, 11) is 0. The molecule has 1 aliphatic rings. The molecule has 0 aromatic heterocycles. The van der Waals surface area contributed by atoms with E-state index in [4.69, 9.17) is 0 Å². The molecule has 3 rings (SSSR count). The summed E-state index contributed by atoms with van der Waals surface area (Å²) in [6.07, 6.45) is -1.51. The molecule has 2 aromatic rings. The van der Waals surface area contributed by atoms with Gasteiger partial charge in [0.15, 0.2) is 0 Å². The molecule has 2 aromatic carbocycles. The lowest BCUT2D eigenvalue weighted by Crippen LogP contribution is -2.38. The average Bonchev–Trinajstić information content (AvgIpc) is 3.39. The van der Waals surface area contributed by atoms with Crippen LogP contribution in [0.1, 0.15) is 34.3 Å². The summed E-state index contributed by atoms with van der Waals surface area (Å²) >= 11 is 0. The van der Waals surface area contributed by atoms with Crippen molar-refractivity contribution in [2.45, 2.75) is 31.5 Å². The molecule has 1 atom stereocenters. The first kappa shape index (κ1) is 16.6. The predicted molar refractivity (Wildman–Crippen MR) is 85.6 cm³/mol. The van der Waals surface area contributed by atoms with Crippen molar-refractivity contribution in [3.8, 4) is 0 Å². The molecule has 5 heteroatoms. The van der Waals surface area contributed by atoms with Crippen molar-refractivity contribution in [3.05, 3.63) is 71.3 Å². The SMILES string of the molecule is O=C(NC(Cc1ccccc1)C1CC1)c1ccc(C(F)(F)F)cc1. The van der Waals surface area contributed by atoms with Crippen LogP contribution in [0.5, 0.6) is 0 Å². The average molecular weight is 333 g/mol. The predicted octanol–water partition coefficient (Wildman–Crippen LogP) is 4.46. The first-order chi connectivity index (χ1) is 11.4. The molecule has 1 N–H and O–H groups in total. The zero-order chi connectivity index (χ0) is 17.2. The molecule has 1 amide bonds. The fourth-order valence-electron chi connectivity index (χ4n) is 2.76. The van der Waals surface area contributed by atoms with Gasteiger partial charge in [-0.1, -0.05) is 30.3 Å². The maximum Gasteiger partial charge on any atom is 0.416 e. The summed E-state index contributed by atoms with van der Waals surface area (Å²) in [6.45, 7) is 0. The van der Waals surface area contributed by atoms with E-state index >= 15 is 0 Å². The van der Waals surface area contributed by atoms with Crippen molar-refractivity contribution in [2.75, 3.05) is 0 Å². The normalized spacial score (nSPS) is 15.8. The smallest absolute Gasteiger partial charge is 0.349 e. The molecular weight excluding hydrogens is 315 g/mol. The van der Waals surface area contributed by atoms with Gasteiger partial charge in [-0.2, -0.15) is 13.2 Å². The van der Waals surface area contributed by atoms with E-state index in [1.54, 1.807) is 0 Å². The van der Waals surface area contributed by atoms with Crippen LogP contribution in [-0.2, 0) is 12.6 Å². The Bertz CT molecular complexity index is 691. The van der Waals surface area contributed by atoms with Crippen LogP contribution in [0, 0.1) is 5.92 Å². The van der Waals surface area contributed by atoms with Gasteiger partial charge in [-0.15, -0.1) is 0 Å². The summed E-state index contributed by atoms with van der Waals surface area (Å²) in [5.74, 6) is 0.125. The van der Waals surface area contributed by atoms with Crippen molar-refractivity contribution in [3.63, 3.8) is 0 Å². The fourth-order valence-corrected chi connectivity index (χ4v) is 2.76. The second kappa shape index (κ2) is 6.67. The standard InChI is InChI=1S/C19H18F3NO/c20-19(21,22)16-10-8-15(9-11-16)18(24)23-17(14-6-7-14)12-13-4-2-1-3-5-13/h1-5,8-11,14,17H,6-7,12H2,(H,23,24). The topological polar surface area (TPSA) is 29.1 Å². The number of benzene rings is 2. The first-order valence-electron chi connectivity index (χ1n) is 7.95. The molecule has 0 radical (unpaired) electrons. The van der Waals surface area contributed by atoms with Crippen LogP contribution < -0.4 is 5.32 Å². The molecule has 2 nitrogen and oxygen atoms in total. The molecule has 24 heavy (non-hydrogen) atoms. The van der Waals surface area contributed by atoms with Gasteiger partial charge >= 0.3 is 6.18 Å². The highest BCUT2D eigenvalue weighted by molar-refractivity contribution is 5.94. The molecule has 1 unspecified atom stereocenters. The van der Waals surface area contributed by atoms with Crippen molar-refractivity contribution >= 4 is 5.91 Å². The monoisotopic (exact) mass is 333 g/mol. The molecule has 1 fully saturated rings. The zero-order valence-corrected chi connectivity index (χ0v) is 13.0. The minimum Gasteiger partial charge on any atom is -0.349 e. The second-order valence-electron chi connectivity index (χ2n) is 6.18. The van der Waals surface area contributed by atoms with Gasteiger partial charge < -0.3 is 5.32 Å². The molecule has 0 bridgehead atoms. The Hall–Kier alpha value is -2.30. The number of hydrogen-bond acceptors (Lipinski definition) is 1. The Kier molecular flexibility index (Phi) is 4.60. The molecule has 0 heterocycles. The quantitative estimate of drug-likeness (QED) is 0.860. The largest absolute Gasteiger partial charge is 0.416 e. The molecule has 0 saturated heterocycles. The number of hydrogen-bond donors (Lipinski definition) is 1. The van der Waals surface area contributed by atoms with E-state index in [0.29, 0.717) is 5.92 Å². The van der Waals surface area contributed by atoms with Gasteiger partial charge in [-0.3, -0.25) is 4.79 Å². The highest BCUT2D eigenvalue weighted by atomic mass is 19.4. The molecule has 1 saturated carbocycles. The number of halogens is 3. The first-order valence-corrected chi connectivity index (χ1v) is 7.95. The van der Waals surface area contributed by atoms with E-state index < -0.39 is 11.7 Å². The summed E-state index contributed by atoms with van der Waals surface area (Å²) in [5.41, 5.74) is 0.644. The summed E-state index contributed by atoms with van der Waals surface area (Å²) in [4.78, 5) is 12.3. The van der Waals surface area contributed by atoms with E-state index in [1.807, 2.05) is 30.3 Å². The Labute approximate surface area is 138 Å². The minimum atomic E-state index is -4.39. The highest BCUT2D eigenvalue weighted by Crippen LogP contribution is 2.34. The maximum absolute atomic E-state index is 12.6. The summed E-state index contributed by atoms with van der Waals surface area (Å²) in [5, 5.41) is 2.98. The Morgan fingerprint density at radius 2 is 1.67 bits per heavy atom. The lowest BCUT2D eigenvalue weighted by atomic mass is 10.0. The van der Waals surface area contributed by atoms with Crippen molar-refractivity contribution in [1.82, 2.24) is 5.32 Å². The maximum atomic E-state index is 12.6. The van der Waals surface area contributed by atoms with Gasteiger partial charge in [0.05, 0.1) is 5.56 Å². The second-order valence-corrected chi connectivity index (χ2v) is 6.18. The molecule has 126 valence electrons. The van der Waals surface area contributed by atoms with Crippen molar-refractivity contribution in [1.29, 1.82) is 0 Å². The fraction of sp³-hybridized carbons (Fsp3) is 0.316. The van der Waals surface area contributed by atoms with Crippen LogP contribution in [0.4, 0.5) is 13.2 Å². The molecule has 0 aliphatic heterocycles. The van der Waals surface area contributed by atoms with E-state index in [9.17, 15) is 18.0 Å². The number of alkyl halides is 3. The Balaban J connectivity index is 1.67. The molecular formula is C19H18F3NO. The Morgan fingerprint density at radius 3 is 2.21 bits per heavy atom. The van der Waals surface area contributed by atoms with Gasteiger partial charge in [0.2, 0.25) is 0 Å². The summed E-state index contributed by atoms with van der Waals surface area (Å²) in [6, 6.07) is 14.2. The number of amides is 1. The van der Waals surface area contributed by atoms with Gasteiger partial charge in [-0.25, -0.2) is 0 Å². The van der Waals surface area contributed by atoms with Crippen LogP contribution >= 0.6 is 0 Å². The third kappa shape index (κ3) is 4.16. The van der Waals surface area contributed by atoms with E-state index in [-0.39, 0.29) is 17.5 Å². The highest BCUT2D eigenvalue weighted by Gasteiger charge is 2.33. The van der Waals surface area contributed by atoms with Crippen LogP contribution in [-0.4, -0.2) is 11.9 Å². The lowest BCUT2D eigenvalue weighted by molar-refractivity contribution is -0.137. The van der Waals surface area contributed by atoms with E-state index in [1.165, 1.54) is 12.1 Å². The zero-order valence-electron chi connectivity index (χ0n) is 13.0. The van der Waals surface area contributed by atoms with Crippen LogP contribution in [0.15, 0.2) is 54.6 Å². The summed E-state index contributed by atoms with van der Waals surface area (Å²) < 4.78 is 37.8. The van der Waals surface area contributed by atoms with Crippen LogP contribution in [0.2, 0.25) is 0 Å². The third-order valence-corrected chi connectivity index (χ3v) is 4.28. The van der Waals surface area contributed by atoms with Crippen molar-refractivity contribution in [2.24, 2.45) is 5.92 Å². The van der Waals surface area contributed by atoms with Crippen molar-refractivity contribution < 1.29 is 18.0 Å². The third-order valence-electron chi connectivity index (χ3n) is 4.28. The number of nitrogens with one attached hydrogen (secondary N) is 1. The van der Waals surface area contributed by atoms with E-state index in [2.05, 4.69) is 5.32 Å². The number of rotatable bonds is 5. The number of carbonyl (C=O) groups excluding carboxylic acids is 1. The van der Waals surface area contributed by atoms with Gasteiger partial charge in [0, 0.05) is 11.6 Å². The minimum absolute atomic E-state index is 0.0159. The van der Waals surface area contributed by atoms with Gasteiger partial charge in [-0.05, 0) is 55.0 Å². The van der Waals surface area contributed by atoms with E-state index in [0.717, 1.165) is 37.0 Å². The number of carbonyl (C=O) groups is 1. The van der Waals surface area contributed by atoms with Crippen LogP contribution in [0.25, 0.3) is 0 Å². The van der Waals surface area contributed by atoms with Crippen LogP contribution in [0.3, 0.4) is 0 Å². The van der Waals surface area contributed by atoms with Gasteiger partial charge in [0.25, 0.3) is 5.91 Å². The lowest BCUT2D eigenvalue weighted by Gasteiger charge is -2.19.